The molecule has 0 fully saturated rings. The van der Waals surface area contributed by atoms with Gasteiger partial charge in [-0.15, -0.1) is 0 Å². The normalized spacial score (nSPS) is 10.3. The van der Waals surface area contributed by atoms with E-state index >= 15 is 0 Å². The molecule has 0 spiro atoms. The van der Waals surface area contributed by atoms with E-state index in [-0.39, 0.29) is 5.56 Å². The molecule has 2 aromatic rings. The molecule has 80 valence electrons. The molecule has 2 aromatic carbocycles. The van der Waals surface area contributed by atoms with Crippen LogP contribution in [0.5, 0.6) is 5.75 Å². The molecular weight excluding hydrogens is 208 g/mol. The molecule has 0 saturated carbocycles. The SMILES string of the molecule is COc1cccc(C(=O)c2cc(=O)c2=O)c1. The number of carbonyl (C=O) groups excluding carboxylic acids is 1. The average Bonchev–Trinajstić information content (AvgIpc) is 2.34. The Morgan fingerprint density at radius 3 is 2.50 bits per heavy atom. The van der Waals surface area contributed by atoms with Gasteiger partial charge in [-0.2, -0.15) is 0 Å². The van der Waals surface area contributed by atoms with Crippen LogP contribution in [0.1, 0.15) is 15.9 Å². The van der Waals surface area contributed by atoms with Gasteiger partial charge in [0, 0.05) is 11.6 Å². The summed E-state index contributed by atoms with van der Waals surface area (Å²) in [5.41, 5.74) is -1.05. The van der Waals surface area contributed by atoms with Crippen LogP contribution in [0.3, 0.4) is 0 Å². The number of methoxy groups -OCH3 is 1. The maximum Gasteiger partial charge on any atom is 0.237 e. The van der Waals surface area contributed by atoms with E-state index in [9.17, 15) is 14.4 Å². The zero-order chi connectivity index (χ0) is 11.7. The molecule has 0 heterocycles. The Hall–Kier alpha value is -2.23. The number of ether oxygens (including phenoxy) is 1. The third-order valence-corrected chi connectivity index (χ3v) is 2.32. The lowest BCUT2D eigenvalue weighted by molar-refractivity contribution is 0.103. The Morgan fingerprint density at radius 2 is 1.94 bits per heavy atom. The summed E-state index contributed by atoms with van der Waals surface area (Å²) in [6.07, 6.45) is 0. The molecule has 4 heteroatoms. The van der Waals surface area contributed by atoms with Crippen molar-refractivity contribution in [2.45, 2.75) is 0 Å². The van der Waals surface area contributed by atoms with Crippen LogP contribution in [0, 0.1) is 0 Å². The number of carbonyl (C=O) groups is 1. The standard InChI is InChI=1S/C12H8O4/c1-16-8-4-2-3-7(5-8)11(14)9-6-10(13)12(9)15/h2-6H,1H3. The van der Waals surface area contributed by atoms with Crippen molar-refractivity contribution in [2.75, 3.05) is 7.11 Å². The van der Waals surface area contributed by atoms with Gasteiger partial charge < -0.3 is 4.74 Å². The zero-order valence-electron chi connectivity index (χ0n) is 8.52. The first-order valence-corrected chi connectivity index (χ1v) is 4.62. The van der Waals surface area contributed by atoms with Crippen molar-refractivity contribution in [3.8, 4) is 5.75 Å². The molecule has 4 nitrogen and oxygen atoms in total. The van der Waals surface area contributed by atoms with Crippen LogP contribution in [0.25, 0.3) is 0 Å². The van der Waals surface area contributed by atoms with Crippen LogP contribution in [0.4, 0.5) is 0 Å². The second kappa shape index (κ2) is 3.73. The van der Waals surface area contributed by atoms with Gasteiger partial charge in [-0.25, -0.2) is 0 Å². The van der Waals surface area contributed by atoms with Crippen molar-refractivity contribution in [3.63, 3.8) is 0 Å². The molecular formula is C12H8O4. The van der Waals surface area contributed by atoms with Gasteiger partial charge in [0.25, 0.3) is 0 Å². The number of rotatable bonds is 3. The third kappa shape index (κ3) is 1.54. The van der Waals surface area contributed by atoms with Gasteiger partial charge in [0.05, 0.1) is 12.7 Å². The summed E-state index contributed by atoms with van der Waals surface area (Å²) in [5.74, 6) is 0.0908. The van der Waals surface area contributed by atoms with E-state index in [1.54, 1.807) is 18.2 Å². The number of hydrogen-bond donors (Lipinski definition) is 0. The fraction of sp³-hybridized carbons (Fsp3) is 0.0833. The van der Waals surface area contributed by atoms with Crippen LogP contribution in [0.15, 0.2) is 39.9 Å². The highest BCUT2D eigenvalue weighted by Crippen LogP contribution is 2.14. The van der Waals surface area contributed by atoms with E-state index in [1.807, 2.05) is 0 Å². The monoisotopic (exact) mass is 216 g/mol. The van der Waals surface area contributed by atoms with Crippen LogP contribution in [-0.4, -0.2) is 12.9 Å². The smallest absolute Gasteiger partial charge is 0.237 e. The van der Waals surface area contributed by atoms with Crippen LogP contribution in [-0.2, 0) is 0 Å². The molecule has 0 radical (unpaired) electrons. The van der Waals surface area contributed by atoms with Crippen molar-refractivity contribution in [2.24, 2.45) is 0 Å². The molecule has 0 aliphatic heterocycles. The van der Waals surface area contributed by atoms with Crippen LogP contribution >= 0.6 is 0 Å². The first-order chi connectivity index (χ1) is 7.63. The minimum atomic E-state index is -0.715. The molecule has 2 rings (SSSR count). The predicted molar refractivity (Wildman–Crippen MR) is 57.8 cm³/mol. The van der Waals surface area contributed by atoms with Gasteiger partial charge in [-0.3, -0.25) is 14.4 Å². The van der Waals surface area contributed by atoms with E-state index < -0.39 is 16.6 Å². The summed E-state index contributed by atoms with van der Waals surface area (Å²) in [4.78, 5) is 33.5. The van der Waals surface area contributed by atoms with Gasteiger partial charge in [-0.05, 0) is 12.1 Å². The Morgan fingerprint density at radius 1 is 1.19 bits per heavy atom. The zero-order valence-corrected chi connectivity index (χ0v) is 8.52. The van der Waals surface area contributed by atoms with E-state index in [0.717, 1.165) is 6.07 Å². The van der Waals surface area contributed by atoms with E-state index in [1.165, 1.54) is 13.2 Å². The Kier molecular flexibility index (Phi) is 2.40. The van der Waals surface area contributed by atoms with Crippen molar-refractivity contribution < 1.29 is 9.53 Å². The quantitative estimate of drug-likeness (QED) is 0.554. The second-order valence-electron chi connectivity index (χ2n) is 3.31. The molecule has 0 bridgehead atoms. The summed E-state index contributed by atoms with van der Waals surface area (Å²) in [6.45, 7) is 0. The summed E-state index contributed by atoms with van der Waals surface area (Å²) >= 11 is 0. The summed E-state index contributed by atoms with van der Waals surface area (Å²) in [6, 6.07) is 7.50. The summed E-state index contributed by atoms with van der Waals surface area (Å²) in [7, 11) is 1.49. The average molecular weight is 216 g/mol. The van der Waals surface area contributed by atoms with Crippen molar-refractivity contribution in [3.05, 3.63) is 61.9 Å². The van der Waals surface area contributed by atoms with E-state index in [2.05, 4.69) is 0 Å². The molecule has 0 saturated heterocycles. The van der Waals surface area contributed by atoms with Crippen LogP contribution < -0.4 is 15.6 Å². The molecule has 0 amide bonds. The fourth-order valence-corrected chi connectivity index (χ4v) is 1.41. The summed E-state index contributed by atoms with van der Waals surface area (Å²) < 4.78 is 4.96. The van der Waals surface area contributed by atoms with E-state index in [4.69, 9.17) is 4.74 Å². The first-order valence-electron chi connectivity index (χ1n) is 4.62. The van der Waals surface area contributed by atoms with Gasteiger partial charge in [0.2, 0.25) is 10.9 Å². The minimum Gasteiger partial charge on any atom is -0.497 e. The topological polar surface area (TPSA) is 60.4 Å². The van der Waals surface area contributed by atoms with E-state index in [0.29, 0.717) is 11.3 Å². The highest BCUT2D eigenvalue weighted by atomic mass is 16.5. The maximum absolute atomic E-state index is 11.8. The Balaban J connectivity index is 2.39. The largest absolute Gasteiger partial charge is 0.497 e. The highest BCUT2D eigenvalue weighted by molar-refractivity contribution is 6.09. The van der Waals surface area contributed by atoms with Gasteiger partial charge in [-0.1, -0.05) is 12.1 Å². The number of benzene rings is 1. The fourth-order valence-electron chi connectivity index (χ4n) is 1.41. The molecule has 0 aliphatic carbocycles. The molecule has 0 atom stereocenters. The second-order valence-corrected chi connectivity index (χ2v) is 3.31. The third-order valence-electron chi connectivity index (χ3n) is 2.32. The minimum absolute atomic E-state index is 0.0572. The lowest BCUT2D eigenvalue weighted by Gasteiger charge is -2.03. The van der Waals surface area contributed by atoms with Gasteiger partial charge in [0.15, 0.2) is 5.78 Å². The molecule has 0 aromatic heterocycles. The Bertz CT molecular complexity index is 618. The molecule has 0 unspecified atom stereocenters. The molecule has 0 aliphatic rings. The van der Waals surface area contributed by atoms with Crippen LogP contribution in [0.2, 0.25) is 0 Å². The van der Waals surface area contributed by atoms with Crippen molar-refractivity contribution in [1.82, 2.24) is 0 Å². The maximum atomic E-state index is 11.8. The summed E-state index contributed by atoms with van der Waals surface area (Å²) in [5, 5.41) is 0. The Labute approximate surface area is 90.8 Å². The van der Waals surface area contributed by atoms with Gasteiger partial charge in [0.1, 0.15) is 5.75 Å². The molecule has 0 N–H and O–H groups in total. The molecule has 16 heavy (non-hydrogen) atoms. The highest BCUT2D eigenvalue weighted by Gasteiger charge is 2.19. The predicted octanol–water partition coefficient (Wildman–Crippen LogP) is 0.522. The number of hydrogen-bond acceptors (Lipinski definition) is 4. The van der Waals surface area contributed by atoms with Crippen molar-refractivity contribution in [1.29, 1.82) is 0 Å². The van der Waals surface area contributed by atoms with Crippen molar-refractivity contribution >= 4 is 5.78 Å². The number of ketones is 1. The lowest BCUT2D eigenvalue weighted by Crippen LogP contribution is -2.36. The van der Waals surface area contributed by atoms with Gasteiger partial charge >= 0.3 is 0 Å². The first kappa shape index (κ1) is 10.3. The lowest BCUT2D eigenvalue weighted by atomic mass is 10.00.